The number of thioether (sulfide) groups is 1. The Bertz CT molecular complexity index is 953. The second-order valence-corrected chi connectivity index (χ2v) is 8.59. The first-order chi connectivity index (χ1) is 14.7. The van der Waals surface area contributed by atoms with Crippen LogP contribution >= 0.6 is 11.8 Å². The Kier molecular flexibility index (Phi) is 6.64. The van der Waals surface area contributed by atoms with Crippen molar-refractivity contribution in [3.05, 3.63) is 72.3 Å². The van der Waals surface area contributed by atoms with Crippen molar-refractivity contribution in [1.82, 2.24) is 15.1 Å². The summed E-state index contributed by atoms with van der Waals surface area (Å²) < 4.78 is 0. The molecule has 4 rings (SSSR count). The number of rotatable bonds is 6. The van der Waals surface area contributed by atoms with Gasteiger partial charge in [-0.25, -0.2) is 0 Å². The summed E-state index contributed by atoms with van der Waals surface area (Å²) in [7, 11) is 0. The van der Waals surface area contributed by atoms with Gasteiger partial charge in [0.25, 0.3) is 0 Å². The van der Waals surface area contributed by atoms with Crippen molar-refractivity contribution in [3.8, 4) is 11.3 Å². The van der Waals surface area contributed by atoms with Crippen LogP contribution in [0.5, 0.6) is 0 Å². The summed E-state index contributed by atoms with van der Waals surface area (Å²) in [5.41, 5.74) is 3.18. The Hall–Kier alpha value is -2.86. The average Bonchev–Trinajstić information content (AvgIpc) is 2.80. The topological polar surface area (TPSA) is 49.3 Å². The highest BCUT2D eigenvalue weighted by molar-refractivity contribution is 7.99. The minimum atomic E-state index is 0.235. The molecule has 154 valence electrons. The first kappa shape index (κ1) is 20.4. The lowest BCUT2D eigenvalue weighted by molar-refractivity contribution is -0.131. The Morgan fingerprint density at radius 2 is 1.63 bits per heavy atom. The summed E-state index contributed by atoms with van der Waals surface area (Å²) in [6.45, 7) is 5.11. The van der Waals surface area contributed by atoms with Crippen LogP contribution in [0.2, 0.25) is 0 Å². The Morgan fingerprint density at radius 3 is 2.30 bits per heavy atom. The maximum Gasteiger partial charge on any atom is 0.223 e. The van der Waals surface area contributed by atoms with E-state index in [4.69, 9.17) is 0 Å². The van der Waals surface area contributed by atoms with Crippen molar-refractivity contribution in [1.29, 1.82) is 0 Å². The predicted octanol–water partition coefficient (Wildman–Crippen LogP) is 4.28. The molecule has 0 radical (unpaired) electrons. The molecule has 1 aromatic heterocycles. The Balaban J connectivity index is 1.25. The number of aromatic nitrogens is 2. The second kappa shape index (κ2) is 9.76. The van der Waals surface area contributed by atoms with Crippen LogP contribution in [0.25, 0.3) is 11.3 Å². The lowest BCUT2D eigenvalue weighted by Crippen LogP contribution is -2.49. The van der Waals surface area contributed by atoms with Gasteiger partial charge in [0, 0.05) is 48.8 Å². The predicted molar refractivity (Wildman–Crippen MR) is 123 cm³/mol. The molecule has 0 spiro atoms. The van der Waals surface area contributed by atoms with E-state index >= 15 is 0 Å². The number of anilines is 1. The van der Waals surface area contributed by atoms with Gasteiger partial charge in [-0.2, -0.15) is 0 Å². The lowest BCUT2D eigenvalue weighted by Gasteiger charge is -2.35. The zero-order valence-corrected chi connectivity index (χ0v) is 18.0. The number of nitrogens with zero attached hydrogens (tertiary/aromatic N) is 4. The van der Waals surface area contributed by atoms with E-state index < -0.39 is 0 Å². The quantitative estimate of drug-likeness (QED) is 0.559. The molecular weight excluding hydrogens is 392 g/mol. The van der Waals surface area contributed by atoms with Gasteiger partial charge in [-0.1, -0.05) is 48.0 Å². The van der Waals surface area contributed by atoms with Crippen molar-refractivity contribution < 1.29 is 4.79 Å². The van der Waals surface area contributed by atoms with Crippen LogP contribution in [-0.4, -0.2) is 52.9 Å². The number of carbonyl (C=O) groups excluding carboxylic acids is 1. The standard InChI is InChI=1S/C24H26N4OS/c1-19-7-9-20(10-8-19)22-11-12-23(26-25-22)27-14-16-28(17-15-27)24(29)13-18-30-21-5-3-2-4-6-21/h2-12H,13-18H2,1H3. The summed E-state index contributed by atoms with van der Waals surface area (Å²) in [6, 6.07) is 22.6. The molecule has 5 nitrogen and oxygen atoms in total. The smallest absolute Gasteiger partial charge is 0.223 e. The number of benzene rings is 2. The normalized spacial score (nSPS) is 14.0. The molecule has 0 bridgehead atoms. The summed E-state index contributed by atoms with van der Waals surface area (Å²) in [6.07, 6.45) is 0.574. The van der Waals surface area contributed by atoms with Crippen molar-refractivity contribution in [2.45, 2.75) is 18.2 Å². The highest BCUT2D eigenvalue weighted by atomic mass is 32.2. The molecule has 1 fully saturated rings. The van der Waals surface area contributed by atoms with Crippen molar-refractivity contribution in [3.63, 3.8) is 0 Å². The molecule has 1 aliphatic heterocycles. The second-order valence-electron chi connectivity index (χ2n) is 7.42. The molecular formula is C24H26N4OS. The molecule has 2 aromatic carbocycles. The van der Waals surface area contributed by atoms with Gasteiger partial charge in [0.2, 0.25) is 5.91 Å². The van der Waals surface area contributed by atoms with Gasteiger partial charge in [0.1, 0.15) is 0 Å². The fraction of sp³-hybridized carbons (Fsp3) is 0.292. The fourth-order valence-electron chi connectivity index (χ4n) is 3.49. The number of piperazine rings is 1. The molecule has 30 heavy (non-hydrogen) atoms. The number of amides is 1. The van der Waals surface area contributed by atoms with Gasteiger partial charge in [0.15, 0.2) is 5.82 Å². The minimum absolute atomic E-state index is 0.235. The third-order valence-corrected chi connectivity index (χ3v) is 6.30. The van der Waals surface area contributed by atoms with Crippen LogP contribution in [0.15, 0.2) is 71.6 Å². The molecule has 1 saturated heterocycles. The highest BCUT2D eigenvalue weighted by Gasteiger charge is 2.22. The van der Waals surface area contributed by atoms with E-state index in [0.717, 1.165) is 49.0 Å². The third-order valence-electron chi connectivity index (χ3n) is 5.28. The van der Waals surface area contributed by atoms with Gasteiger partial charge in [-0.3, -0.25) is 4.79 Å². The van der Waals surface area contributed by atoms with Gasteiger partial charge < -0.3 is 9.80 Å². The summed E-state index contributed by atoms with van der Waals surface area (Å²) in [5, 5.41) is 8.83. The van der Waals surface area contributed by atoms with E-state index in [1.807, 2.05) is 35.2 Å². The van der Waals surface area contributed by atoms with E-state index in [1.165, 1.54) is 10.5 Å². The van der Waals surface area contributed by atoms with E-state index in [2.05, 4.69) is 58.4 Å². The van der Waals surface area contributed by atoms with E-state index in [0.29, 0.717) is 6.42 Å². The Morgan fingerprint density at radius 1 is 0.900 bits per heavy atom. The van der Waals surface area contributed by atoms with Gasteiger partial charge in [-0.05, 0) is 31.2 Å². The first-order valence-corrected chi connectivity index (χ1v) is 11.3. The zero-order valence-electron chi connectivity index (χ0n) is 17.2. The monoisotopic (exact) mass is 418 g/mol. The molecule has 0 N–H and O–H groups in total. The van der Waals surface area contributed by atoms with Crippen molar-refractivity contribution in [2.24, 2.45) is 0 Å². The first-order valence-electron chi connectivity index (χ1n) is 10.3. The molecule has 0 aliphatic carbocycles. The van der Waals surface area contributed by atoms with Gasteiger partial charge in [-0.15, -0.1) is 22.0 Å². The molecule has 6 heteroatoms. The summed E-state index contributed by atoms with van der Waals surface area (Å²) in [5.74, 6) is 1.92. The zero-order chi connectivity index (χ0) is 20.8. The molecule has 0 atom stereocenters. The largest absolute Gasteiger partial charge is 0.352 e. The van der Waals surface area contributed by atoms with Crippen LogP contribution < -0.4 is 4.90 Å². The Labute approximate surface area is 182 Å². The van der Waals surface area contributed by atoms with Gasteiger partial charge in [0.05, 0.1) is 5.69 Å². The number of hydrogen-bond acceptors (Lipinski definition) is 5. The van der Waals surface area contributed by atoms with Crippen molar-refractivity contribution >= 4 is 23.5 Å². The van der Waals surface area contributed by atoms with Crippen LogP contribution in [0, 0.1) is 6.92 Å². The summed E-state index contributed by atoms with van der Waals surface area (Å²) in [4.78, 5) is 17.9. The lowest BCUT2D eigenvalue weighted by atomic mass is 10.1. The molecule has 0 unspecified atom stereocenters. The molecule has 2 heterocycles. The molecule has 1 amide bonds. The molecule has 3 aromatic rings. The van der Waals surface area contributed by atoms with E-state index in [1.54, 1.807) is 11.8 Å². The van der Waals surface area contributed by atoms with Crippen LogP contribution in [0.1, 0.15) is 12.0 Å². The van der Waals surface area contributed by atoms with Crippen LogP contribution in [0.4, 0.5) is 5.82 Å². The number of aryl methyl sites for hydroxylation is 1. The fourth-order valence-corrected chi connectivity index (χ4v) is 4.35. The average molecular weight is 419 g/mol. The van der Waals surface area contributed by atoms with Crippen molar-refractivity contribution in [2.75, 3.05) is 36.8 Å². The molecule has 0 saturated carbocycles. The van der Waals surface area contributed by atoms with Crippen LogP contribution in [-0.2, 0) is 4.79 Å². The maximum atomic E-state index is 12.5. The number of carbonyl (C=O) groups is 1. The van der Waals surface area contributed by atoms with Crippen LogP contribution in [0.3, 0.4) is 0 Å². The highest BCUT2D eigenvalue weighted by Crippen LogP contribution is 2.21. The number of hydrogen-bond donors (Lipinski definition) is 0. The molecule has 1 aliphatic rings. The van der Waals surface area contributed by atoms with E-state index in [9.17, 15) is 4.79 Å². The SMILES string of the molecule is Cc1ccc(-c2ccc(N3CCN(C(=O)CCSc4ccccc4)CC3)nn2)cc1. The maximum absolute atomic E-state index is 12.5. The van der Waals surface area contributed by atoms with E-state index in [-0.39, 0.29) is 5.91 Å². The van der Waals surface area contributed by atoms with Gasteiger partial charge >= 0.3 is 0 Å². The summed E-state index contributed by atoms with van der Waals surface area (Å²) >= 11 is 1.73. The minimum Gasteiger partial charge on any atom is -0.352 e. The third kappa shape index (κ3) is 5.19.